The van der Waals surface area contributed by atoms with E-state index in [2.05, 4.69) is 26.0 Å². The Kier molecular flexibility index (Phi) is 5.77. The number of aryl methyl sites for hydroxylation is 1. The molecule has 0 saturated heterocycles. The lowest BCUT2D eigenvalue weighted by Gasteiger charge is -2.06. The van der Waals surface area contributed by atoms with Crippen LogP contribution < -0.4 is 10.9 Å². The summed E-state index contributed by atoms with van der Waals surface area (Å²) in [5.74, 6) is -1.65. The van der Waals surface area contributed by atoms with Gasteiger partial charge in [0.25, 0.3) is 11.8 Å². The van der Waals surface area contributed by atoms with Gasteiger partial charge in [-0.25, -0.2) is 4.79 Å². The maximum absolute atomic E-state index is 12.4. The van der Waals surface area contributed by atoms with Gasteiger partial charge < -0.3 is 9.72 Å². The lowest BCUT2D eigenvalue weighted by atomic mass is 10.1. The van der Waals surface area contributed by atoms with Gasteiger partial charge in [0.2, 0.25) is 0 Å². The molecule has 0 bridgehead atoms. The van der Waals surface area contributed by atoms with E-state index in [9.17, 15) is 14.4 Å². The van der Waals surface area contributed by atoms with Crippen molar-refractivity contribution in [2.24, 2.45) is 0 Å². The first kappa shape index (κ1) is 19.9. The number of esters is 1. The van der Waals surface area contributed by atoms with Crippen molar-refractivity contribution >= 4 is 17.8 Å². The average molecular weight is 395 g/mol. The number of carbonyl (C=O) groups is 3. The largest absolute Gasteiger partial charge is 0.462 e. The van der Waals surface area contributed by atoms with Crippen LogP contribution in [0.25, 0.3) is 11.3 Å². The molecule has 2 aromatic heterocycles. The minimum atomic E-state index is -0.586. The average Bonchev–Trinajstić information content (AvgIpc) is 3.32. The molecule has 2 heterocycles. The number of hydrazine groups is 1. The minimum Gasteiger partial charge on any atom is -0.462 e. The topological polar surface area (TPSA) is 129 Å². The number of aromatic nitrogens is 3. The molecule has 0 atom stereocenters. The second-order valence-electron chi connectivity index (χ2n) is 6.29. The molecule has 0 aliphatic rings. The molecule has 0 aliphatic carbocycles. The van der Waals surface area contributed by atoms with E-state index < -0.39 is 17.8 Å². The van der Waals surface area contributed by atoms with Crippen LogP contribution in [0.2, 0.25) is 0 Å². The summed E-state index contributed by atoms with van der Waals surface area (Å²) in [6, 6.07) is 11.0. The van der Waals surface area contributed by atoms with Crippen molar-refractivity contribution in [3.05, 3.63) is 64.6 Å². The van der Waals surface area contributed by atoms with Gasteiger partial charge in [-0.3, -0.25) is 25.5 Å². The highest BCUT2D eigenvalue weighted by molar-refractivity contribution is 6.02. The molecule has 1 aromatic carbocycles. The molecule has 0 spiro atoms. The molecule has 2 amide bonds. The third kappa shape index (κ3) is 4.18. The molecular formula is C20H21N5O4. The predicted molar refractivity (Wildman–Crippen MR) is 105 cm³/mol. The second-order valence-corrected chi connectivity index (χ2v) is 6.29. The van der Waals surface area contributed by atoms with Crippen molar-refractivity contribution in [3.63, 3.8) is 0 Å². The molecule has 4 N–H and O–H groups in total. The van der Waals surface area contributed by atoms with Gasteiger partial charge in [0.15, 0.2) is 0 Å². The molecule has 9 nitrogen and oxygen atoms in total. The fourth-order valence-corrected chi connectivity index (χ4v) is 2.92. The van der Waals surface area contributed by atoms with E-state index in [0.717, 1.165) is 5.56 Å². The number of H-pyrrole nitrogens is 2. The number of nitrogens with one attached hydrogen (secondary N) is 4. The molecular weight excluding hydrogens is 374 g/mol. The van der Waals surface area contributed by atoms with Crippen LogP contribution in [0.15, 0.2) is 36.4 Å². The van der Waals surface area contributed by atoms with E-state index in [1.54, 1.807) is 26.8 Å². The van der Waals surface area contributed by atoms with Crippen molar-refractivity contribution in [2.75, 3.05) is 6.61 Å². The summed E-state index contributed by atoms with van der Waals surface area (Å²) in [6.07, 6.45) is 0. The summed E-state index contributed by atoms with van der Waals surface area (Å²) in [4.78, 5) is 39.6. The number of amides is 2. The molecule has 0 saturated carbocycles. The Morgan fingerprint density at radius 1 is 1.07 bits per heavy atom. The van der Waals surface area contributed by atoms with Gasteiger partial charge >= 0.3 is 5.97 Å². The summed E-state index contributed by atoms with van der Waals surface area (Å²) < 4.78 is 5.01. The number of hydrogen-bond donors (Lipinski definition) is 4. The molecule has 3 aromatic rings. The third-order valence-electron chi connectivity index (χ3n) is 4.33. The lowest BCUT2D eigenvalue weighted by molar-refractivity contribution is 0.0524. The highest BCUT2D eigenvalue weighted by Gasteiger charge is 2.23. The zero-order valence-corrected chi connectivity index (χ0v) is 16.3. The minimum absolute atomic E-state index is 0.167. The van der Waals surface area contributed by atoms with E-state index in [1.165, 1.54) is 0 Å². The Morgan fingerprint density at radius 3 is 2.45 bits per heavy atom. The SMILES string of the molecule is CCOC(=O)c1c(C)[nH]c(C(=O)NNC(=O)c2cc(-c3ccccc3)n[nH]2)c1C. The van der Waals surface area contributed by atoms with Crippen molar-refractivity contribution in [3.8, 4) is 11.3 Å². The van der Waals surface area contributed by atoms with Crippen LogP contribution >= 0.6 is 0 Å². The van der Waals surface area contributed by atoms with Crippen LogP contribution in [0.4, 0.5) is 0 Å². The Morgan fingerprint density at radius 2 is 1.76 bits per heavy atom. The third-order valence-corrected chi connectivity index (χ3v) is 4.33. The number of hydrogen-bond acceptors (Lipinski definition) is 5. The van der Waals surface area contributed by atoms with Crippen LogP contribution in [0.5, 0.6) is 0 Å². The van der Waals surface area contributed by atoms with Gasteiger partial charge in [0.1, 0.15) is 11.4 Å². The number of rotatable bonds is 5. The zero-order chi connectivity index (χ0) is 21.0. The van der Waals surface area contributed by atoms with Gasteiger partial charge in [-0.15, -0.1) is 0 Å². The fraction of sp³-hybridized carbons (Fsp3) is 0.200. The van der Waals surface area contributed by atoms with Crippen LogP contribution in [-0.2, 0) is 4.74 Å². The molecule has 9 heteroatoms. The number of carbonyl (C=O) groups excluding carboxylic acids is 3. The normalized spacial score (nSPS) is 10.4. The molecule has 0 radical (unpaired) electrons. The van der Waals surface area contributed by atoms with E-state index in [1.807, 2.05) is 30.3 Å². The van der Waals surface area contributed by atoms with E-state index in [0.29, 0.717) is 22.5 Å². The molecule has 150 valence electrons. The van der Waals surface area contributed by atoms with Crippen molar-refractivity contribution in [1.29, 1.82) is 0 Å². The van der Waals surface area contributed by atoms with Crippen LogP contribution in [0, 0.1) is 13.8 Å². The highest BCUT2D eigenvalue weighted by Crippen LogP contribution is 2.19. The lowest BCUT2D eigenvalue weighted by Crippen LogP contribution is -2.42. The van der Waals surface area contributed by atoms with Gasteiger partial charge in [-0.05, 0) is 32.4 Å². The van der Waals surface area contributed by atoms with Gasteiger partial charge in [0.05, 0.1) is 17.9 Å². The smallest absolute Gasteiger partial charge is 0.340 e. The fourth-order valence-electron chi connectivity index (χ4n) is 2.92. The second kappa shape index (κ2) is 8.42. The maximum Gasteiger partial charge on any atom is 0.340 e. The van der Waals surface area contributed by atoms with E-state index in [4.69, 9.17) is 4.74 Å². The van der Waals surface area contributed by atoms with Crippen LogP contribution in [-0.4, -0.2) is 39.6 Å². The van der Waals surface area contributed by atoms with Crippen molar-refractivity contribution in [1.82, 2.24) is 26.0 Å². The molecule has 0 fully saturated rings. The first-order valence-electron chi connectivity index (χ1n) is 9.00. The van der Waals surface area contributed by atoms with E-state index in [-0.39, 0.29) is 18.0 Å². The highest BCUT2D eigenvalue weighted by atomic mass is 16.5. The van der Waals surface area contributed by atoms with Crippen LogP contribution in [0.1, 0.15) is 49.5 Å². The first-order chi connectivity index (χ1) is 13.9. The quantitative estimate of drug-likeness (QED) is 0.389. The summed E-state index contributed by atoms with van der Waals surface area (Å²) in [7, 11) is 0. The maximum atomic E-state index is 12.4. The summed E-state index contributed by atoms with van der Waals surface area (Å²) >= 11 is 0. The Labute approximate surface area is 166 Å². The number of ether oxygens (including phenoxy) is 1. The number of benzene rings is 1. The van der Waals surface area contributed by atoms with Crippen molar-refractivity contribution in [2.45, 2.75) is 20.8 Å². The number of aromatic amines is 2. The molecule has 29 heavy (non-hydrogen) atoms. The van der Waals surface area contributed by atoms with Crippen LogP contribution in [0.3, 0.4) is 0 Å². The number of nitrogens with zero attached hydrogens (tertiary/aromatic N) is 1. The molecule has 0 unspecified atom stereocenters. The Hall–Kier alpha value is -3.88. The summed E-state index contributed by atoms with van der Waals surface area (Å²) in [5, 5.41) is 6.74. The van der Waals surface area contributed by atoms with Gasteiger partial charge in [0, 0.05) is 11.3 Å². The van der Waals surface area contributed by atoms with Gasteiger partial charge in [-0.2, -0.15) is 5.10 Å². The molecule has 0 aliphatic heterocycles. The standard InChI is InChI=1S/C20H21N5O4/c1-4-29-20(28)16-11(2)17(21-12(16)3)19(27)25-24-18(26)15-10-14(22-23-15)13-8-6-5-7-9-13/h5-10,21H,4H2,1-3H3,(H,22,23)(H,24,26)(H,25,27). The van der Waals surface area contributed by atoms with Crippen molar-refractivity contribution < 1.29 is 19.1 Å². The monoisotopic (exact) mass is 395 g/mol. The first-order valence-corrected chi connectivity index (χ1v) is 9.00. The Bertz CT molecular complexity index is 1050. The Balaban J connectivity index is 1.67. The predicted octanol–water partition coefficient (Wildman–Crippen LogP) is 2.27. The summed E-state index contributed by atoms with van der Waals surface area (Å²) in [6.45, 7) is 5.24. The van der Waals surface area contributed by atoms with E-state index >= 15 is 0 Å². The van der Waals surface area contributed by atoms with Gasteiger partial charge in [-0.1, -0.05) is 30.3 Å². The molecule has 3 rings (SSSR count). The summed E-state index contributed by atoms with van der Waals surface area (Å²) in [5.41, 5.74) is 7.75. The zero-order valence-electron chi connectivity index (χ0n) is 16.3.